The van der Waals surface area contributed by atoms with E-state index >= 15 is 0 Å². The van der Waals surface area contributed by atoms with E-state index in [4.69, 9.17) is 5.41 Å². The summed E-state index contributed by atoms with van der Waals surface area (Å²) in [6, 6.07) is 2.30. The molecule has 136 valence electrons. The molecule has 3 rings (SSSR count). The van der Waals surface area contributed by atoms with Crippen LogP contribution in [0, 0.1) is 11.3 Å². The summed E-state index contributed by atoms with van der Waals surface area (Å²) in [6.45, 7) is 0. The van der Waals surface area contributed by atoms with Gasteiger partial charge in [0.2, 0.25) is 0 Å². The smallest absolute Gasteiger partial charge is 0.148 e. The summed E-state index contributed by atoms with van der Waals surface area (Å²) in [4.78, 5) is 12.5. The summed E-state index contributed by atoms with van der Waals surface area (Å²) >= 11 is 4.62. The number of carbonyl (C=O) groups excluding carboxylic acids is 1. The van der Waals surface area contributed by atoms with E-state index in [9.17, 15) is 4.79 Å². The molecule has 0 spiro atoms. The number of thiol groups is 1. The lowest BCUT2D eigenvalue weighted by Gasteiger charge is -2.30. The molecule has 1 saturated carbocycles. The summed E-state index contributed by atoms with van der Waals surface area (Å²) in [7, 11) is 1.88. The number of aldehydes is 1. The SMILES string of the molecule is CN(C=N)C1=CC(Nc2cc(C3CCC(CC=O)C3)[nH]n2)CCC1S. The van der Waals surface area contributed by atoms with Crippen LogP contribution in [-0.2, 0) is 4.79 Å². The maximum atomic E-state index is 10.7. The van der Waals surface area contributed by atoms with Crippen LogP contribution < -0.4 is 5.32 Å². The van der Waals surface area contributed by atoms with Crippen molar-refractivity contribution in [3.63, 3.8) is 0 Å². The van der Waals surface area contributed by atoms with Crippen molar-refractivity contribution < 1.29 is 4.79 Å². The van der Waals surface area contributed by atoms with E-state index in [0.717, 1.165) is 49.9 Å². The predicted molar refractivity (Wildman–Crippen MR) is 103 cm³/mol. The van der Waals surface area contributed by atoms with Gasteiger partial charge in [-0.05, 0) is 44.1 Å². The van der Waals surface area contributed by atoms with Crippen molar-refractivity contribution in [1.29, 1.82) is 5.41 Å². The molecule has 4 atom stereocenters. The molecule has 1 aromatic heterocycles. The molecule has 0 aliphatic heterocycles. The van der Waals surface area contributed by atoms with E-state index < -0.39 is 0 Å². The number of nitrogens with one attached hydrogen (secondary N) is 3. The van der Waals surface area contributed by atoms with Crippen LogP contribution in [0.5, 0.6) is 0 Å². The van der Waals surface area contributed by atoms with Gasteiger partial charge in [-0.3, -0.25) is 10.5 Å². The Morgan fingerprint density at radius 3 is 3.04 bits per heavy atom. The number of H-pyrrole nitrogens is 1. The minimum Gasteiger partial charge on any atom is -0.362 e. The van der Waals surface area contributed by atoms with Gasteiger partial charge in [-0.25, -0.2) is 0 Å². The maximum Gasteiger partial charge on any atom is 0.148 e. The Balaban J connectivity index is 1.62. The molecule has 1 heterocycles. The van der Waals surface area contributed by atoms with Crippen molar-refractivity contribution in [2.45, 2.75) is 55.7 Å². The van der Waals surface area contributed by atoms with Gasteiger partial charge in [0.05, 0.1) is 6.34 Å². The Morgan fingerprint density at radius 1 is 1.44 bits per heavy atom. The molecular weight excluding hydrogens is 334 g/mol. The van der Waals surface area contributed by atoms with Crippen molar-refractivity contribution in [2.24, 2.45) is 5.92 Å². The zero-order valence-electron chi connectivity index (χ0n) is 14.6. The Kier molecular flexibility index (Phi) is 5.83. The average molecular weight is 362 g/mol. The predicted octanol–water partition coefficient (Wildman–Crippen LogP) is 3.18. The van der Waals surface area contributed by atoms with Crippen LogP contribution in [-0.4, -0.2) is 46.1 Å². The first-order chi connectivity index (χ1) is 12.1. The van der Waals surface area contributed by atoms with Crippen LogP contribution in [0.4, 0.5) is 5.82 Å². The molecule has 1 aromatic rings. The van der Waals surface area contributed by atoms with Gasteiger partial charge in [-0.1, -0.05) is 0 Å². The minimum atomic E-state index is 0.174. The fourth-order valence-corrected chi connectivity index (χ4v) is 4.36. The molecule has 7 heteroatoms. The van der Waals surface area contributed by atoms with Crippen LogP contribution in [0.25, 0.3) is 0 Å². The van der Waals surface area contributed by atoms with Crippen LogP contribution in [0.1, 0.15) is 50.1 Å². The second-order valence-electron chi connectivity index (χ2n) is 7.16. The molecule has 0 aromatic carbocycles. The van der Waals surface area contributed by atoms with Gasteiger partial charge in [0.1, 0.15) is 12.1 Å². The molecule has 25 heavy (non-hydrogen) atoms. The first kappa shape index (κ1) is 18.0. The van der Waals surface area contributed by atoms with Gasteiger partial charge in [0.15, 0.2) is 0 Å². The maximum absolute atomic E-state index is 10.7. The zero-order valence-corrected chi connectivity index (χ0v) is 15.5. The number of anilines is 1. The Bertz CT molecular complexity index is 643. The monoisotopic (exact) mass is 361 g/mol. The third-order valence-electron chi connectivity index (χ3n) is 5.41. The van der Waals surface area contributed by atoms with Crippen molar-refractivity contribution >= 4 is 31.1 Å². The molecular formula is C18H27N5OS. The molecule has 0 saturated heterocycles. The molecule has 0 amide bonds. The summed E-state index contributed by atoms with van der Waals surface area (Å²) in [5.41, 5.74) is 2.23. The van der Waals surface area contributed by atoms with Crippen LogP contribution in [0.15, 0.2) is 17.8 Å². The number of aromatic nitrogens is 2. The van der Waals surface area contributed by atoms with E-state index in [2.05, 4.69) is 40.3 Å². The van der Waals surface area contributed by atoms with Crippen LogP contribution in [0.3, 0.4) is 0 Å². The highest BCUT2D eigenvalue weighted by atomic mass is 32.1. The van der Waals surface area contributed by atoms with E-state index in [1.807, 2.05) is 11.9 Å². The molecule has 6 nitrogen and oxygen atoms in total. The van der Waals surface area contributed by atoms with E-state index in [0.29, 0.717) is 18.3 Å². The summed E-state index contributed by atoms with van der Waals surface area (Å²) in [5, 5.41) is 18.7. The van der Waals surface area contributed by atoms with Crippen LogP contribution >= 0.6 is 12.6 Å². The van der Waals surface area contributed by atoms with Gasteiger partial charge in [-0.2, -0.15) is 17.7 Å². The lowest BCUT2D eigenvalue weighted by atomic mass is 9.98. The van der Waals surface area contributed by atoms with E-state index in [1.165, 1.54) is 12.0 Å². The second-order valence-corrected chi connectivity index (χ2v) is 7.79. The minimum absolute atomic E-state index is 0.174. The molecule has 1 fully saturated rings. The number of carbonyl (C=O) groups is 1. The highest BCUT2D eigenvalue weighted by Gasteiger charge is 2.27. The zero-order chi connectivity index (χ0) is 17.8. The van der Waals surface area contributed by atoms with Crippen molar-refractivity contribution in [2.75, 3.05) is 12.4 Å². The van der Waals surface area contributed by atoms with Gasteiger partial charge >= 0.3 is 0 Å². The summed E-state index contributed by atoms with van der Waals surface area (Å²) in [5.74, 6) is 1.87. The molecule has 2 aliphatic rings. The van der Waals surface area contributed by atoms with Gasteiger partial charge in [-0.15, -0.1) is 0 Å². The fraction of sp³-hybridized carbons (Fsp3) is 0.611. The van der Waals surface area contributed by atoms with E-state index in [-0.39, 0.29) is 11.3 Å². The first-order valence-electron chi connectivity index (χ1n) is 8.99. The second kappa shape index (κ2) is 8.08. The number of rotatable bonds is 7. The molecule has 0 bridgehead atoms. The normalized spacial score (nSPS) is 29.1. The number of aromatic amines is 1. The van der Waals surface area contributed by atoms with Gasteiger partial charge in [0, 0.05) is 48.1 Å². The highest BCUT2D eigenvalue weighted by molar-refractivity contribution is 7.81. The molecule has 0 radical (unpaired) electrons. The average Bonchev–Trinajstić information content (AvgIpc) is 3.25. The van der Waals surface area contributed by atoms with Gasteiger partial charge in [0.25, 0.3) is 0 Å². The highest BCUT2D eigenvalue weighted by Crippen LogP contribution is 2.39. The Morgan fingerprint density at radius 2 is 2.28 bits per heavy atom. The molecule has 2 aliphatic carbocycles. The Hall–Kier alpha value is -1.76. The number of nitrogens with zero attached hydrogens (tertiary/aromatic N) is 2. The summed E-state index contributed by atoms with van der Waals surface area (Å²) in [6.07, 6.45) is 10.5. The summed E-state index contributed by atoms with van der Waals surface area (Å²) < 4.78 is 0. The third-order valence-corrected chi connectivity index (χ3v) is 5.93. The van der Waals surface area contributed by atoms with Gasteiger partial charge < -0.3 is 15.0 Å². The number of hydrogen-bond acceptors (Lipinski definition) is 5. The topological polar surface area (TPSA) is 84.9 Å². The van der Waals surface area contributed by atoms with Crippen molar-refractivity contribution in [3.8, 4) is 0 Å². The largest absolute Gasteiger partial charge is 0.362 e. The van der Waals surface area contributed by atoms with Crippen molar-refractivity contribution in [1.82, 2.24) is 15.1 Å². The van der Waals surface area contributed by atoms with Crippen LogP contribution in [0.2, 0.25) is 0 Å². The first-order valence-corrected chi connectivity index (χ1v) is 9.51. The molecule has 4 unspecified atom stereocenters. The number of hydrogen-bond donors (Lipinski definition) is 4. The quantitative estimate of drug-likeness (QED) is 0.260. The Labute approximate surface area is 154 Å². The standard InChI is InChI=1S/C18H27N5OS/c1-23(11-19)16-9-14(4-5-17(16)25)20-18-10-15(21-22-18)13-3-2-12(8-13)6-7-24/h7,9-14,17,19,25H,2-6,8H2,1H3,(H2,20,21,22). The lowest BCUT2D eigenvalue weighted by Crippen LogP contribution is -2.31. The fourth-order valence-electron chi connectivity index (χ4n) is 3.94. The van der Waals surface area contributed by atoms with E-state index in [1.54, 1.807) is 0 Å². The third kappa shape index (κ3) is 4.26. The molecule has 3 N–H and O–H groups in total. The lowest BCUT2D eigenvalue weighted by molar-refractivity contribution is -0.108. The van der Waals surface area contributed by atoms with Crippen molar-refractivity contribution in [3.05, 3.63) is 23.5 Å².